The lowest BCUT2D eigenvalue weighted by Gasteiger charge is -2.22. The number of halogens is 1. The summed E-state index contributed by atoms with van der Waals surface area (Å²) in [5, 5.41) is 8.89. The van der Waals surface area contributed by atoms with E-state index in [1.807, 2.05) is 0 Å². The minimum Gasteiger partial charge on any atom is -0.208 e. The number of hydrogen-bond acceptors (Lipinski definition) is 3. The van der Waals surface area contributed by atoms with E-state index in [4.69, 9.17) is 5.26 Å². The van der Waals surface area contributed by atoms with E-state index in [-0.39, 0.29) is 10.9 Å². The van der Waals surface area contributed by atoms with Crippen LogP contribution in [0.5, 0.6) is 0 Å². The highest BCUT2D eigenvalue weighted by Crippen LogP contribution is 2.22. The molecule has 1 fully saturated rings. The van der Waals surface area contributed by atoms with Crippen molar-refractivity contribution in [2.75, 3.05) is 0 Å². The lowest BCUT2D eigenvalue weighted by atomic mass is 9.96. The molecule has 1 aliphatic rings. The van der Waals surface area contributed by atoms with Crippen molar-refractivity contribution < 1.29 is 12.8 Å². The number of hydrogen-bond donors (Lipinski definition) is 1. The molecular weight excluding hydrogens is 267 g/mol. The van der Waals surface area contributed by atoms with Gasteiger partial charge in [0.15, 0.2) is 0 Å². The van der Waals surface area contributed by atoms with Gasteiger partial charge < -0.3 is 0 Å². The predicted molar refractivity (Wildman–Crippen MR) is 68.3 cm³/mol. The molecule has 1 aliphatic carbocycles. The fraction of sp³-hybridized carbons (Fsp3) is 0.462. The van der Waals surface area contributed by atoms with Crippen molar-refractivity contribution in [2.45, 2.75) is 43.0 Å². The molecule has 6 heteroatoms. The normalized spacial score (nSPS) is 17.1. The molecule has 1 aromatic carbocycles. The Morgan fingerprint density at radius 2 is 1.95 bits per heavy atom. The van der Waals surface area contributed by atoms with Crippen LogP contribution in [0.25, 0.3) is 0 Å². The summed E-state index contributed by atoms with van der Waals surface area (Å²) >= 11 is 0. The third kappa shape index (κ3) is 3.11. The summed E-state index contributed by atoms with van der Waals surface area (Å²) in [5.41, 5.74) is -0.425. The van der Waals surface area contributed by atoms with E-state index in [1.165, 1.54) is 12.1 Å². The SMILES string of the molecule is N#Cc1c(F)cccc1S(=O)(=O)NC1CCCCC1. The average Bonchev–Trinajstić information content (AvgIpc) is 2.39. The average molecular weight is 282 g/mol. The molecule has 0 spiro atoms. The minimum absolute atomic E-state index is 0.117. The number of rotatable bonds is 3. The molecule has 0 aromatic heterocycles. The van der Waals surface area contributed by atoms with Gasteiger partial charge in [-0.25, -0.2) is 17.5 Å². The van der Waals surface area contributed by atoms with Crippen LogP contribution in [-0.4, -0.2) is 14.5 Å². The summed E-state index contributed by atoms with van der Waals surface area (Å²) in [7, 11) is -3.84. The first kappa shape index (κ1) is 14.0. The quantitative estimate of drug-likeness (QED) is 0.924. The highest BCUT2D eigenvalue weighted by atomic mass is 32.2. The molecule has 0 saturated heterocycles. The lowest BCUT2D eigenvalue weighted by Crippen LogP contribution is -2.36. The highest BCUT2D eigenvalue weighted by molar-refractivity contribution is 7.89. The van der Waals surface area contributed by atoms with Gasteiger partial charge in [-0.1, -0.05) is 25.3 Å². The van der Waals surface area contributed by atoms with Crippen LogP contribution in [0.15, 0.2) is 23.1 Å². The number of nitrogens with zero attached hydrogens (tertiary/aromatic N) is 1. The lowest BCUT2D eigenvalue weighted by molar-refractivity contribution is 0.412. The Kier molecular flexibility index (Phi) is 4.17. The topological polar surface area (TPSA) is 70.0 Å². The first-order valence-corrected chi connectivity index (χ1v) is 7.74. The summed E-state index contributed by atoms with van der Waals surface area (Å²) < 4.78 is 40.4. The molecule has 0 radical (unpaired) electrons. The van der Waals surface area contributed by atoms with E-state index in [0.29, 0.717) is 0 Å². The highest BCUT2D eigenvalue weighted by Gasteiger charge is 2.25. The zero-order valence-electron chi connectivity index (χ0n) is 10.4. The van der Waals surface area contributed by atoms with E-state index in [9.17, 15) is 12.8 Å². The van der Waals surface area contributed by atoms with Crippen molar-refractivity contribution in [1.82, 2.24) is 4.72 Å². The predicted octanol–water partition coefficient (Wildman–Crippen LogP) is 2.31. The second kappa shape index (κ2) is 5.68. The third-order valence-electron chi connectivity index (χ3n) is 3.30. The number of nitriles is 1. The van der Waals surface area contributed by atoms with E-state index < -0.39 is 21.4 Å². The standard InChI is InChI=1S/C13H15FN2O2S/c14-12-7-4-8-13(11(12)9-15)19(17,18)16-10-5-2-1-3-6-10/h4,7-8,10,16H,1-3,5-6H2. The van der Waals surface area contributed by atoms with Gasteiger partial charge in [-0.2, -0.15) is 5.26 Å². The maximum absolute atomic E-state index is 13.4. The molecule has 0 heterocycles. The minimum atomic E-state index is -3.84. The van der Waals surface area contributed by atoms with Crippen LogP contribution in [0.1, 0.15) is 37.7 Å². The zero-order valence-corrected chi connectivity index (χ0v) is 11.2. The van der Waals surface area contributed by atoms with E-state index in [1.54, 1.807) is 6.07 Å². The largest absolute Gasteiger partial charge is 0.242 e. The summed E-state index contributed by atoms with van der Waals surface area (Å²) in [6, 6.07) is 5.13. The first-order chi connectivity index (χ1) is 9.04. The summed E-state index contributed by atoms with van der Waals surface area (Å²) in [6.07, 6.45) is 4.66. The van der Waals surface area contributed by atoms with E-state index >= 15 is 0 Å². The maximum Gasteiger partial charge on any atom is 0.242 e. The van der Waals surface area contributed by atoms with Crippen molar-refractivity contribution in [3.05, 3.63) is 29.6 Å². The molecule has 0 bridgehead atoms. The second-order valence-electron chi connectivity index (χ2n) is 4.68. The molecule has 0 atom stereocenters. The van der Waals surface area contributed by atoms with Crippen LogP contribution < -0.4 is 4.72 Å². The van der Waals surface area contributed by atoms with Crippen LogP contribution >= 0.6 is 0 Å². The van der Waals surface area contributed by atoms with Gasteiger partial charge in [0, 0.05) is 6.04 Å². The zero-order chi connectivity index (χ0) is 13.9. The molecule has 1 N–H and O–H groups in total. The van der Waals surface area contributed by atoms with Crippen LogP contribution in [0, 0.1) is 17.1 Å². The fourth-order valence-electron chi connectivity index (χ4n) is 2.34. The summed E-state index contributed by atoms with van der Waals surface area (Å²) in [5.74, 6) is -0.811. The van der Waals surface area contributed by atoms with Crippen LogP contribution in [0.4, 0.5) is 4.39 Å². The molecule has 4 nitrogen and oxygen atoms in total. The molecule has 2 rings (SSSR count). The van der Waals surface area contributed by atoms with E-state index in [2.05, 4.69) is 4.72 Å². The van der Waals surface area contributed by atoms with Crippen molar-refractivity contribution in [3.8, 4) is 6.07 Å². The van der Waals surface area contributed by atoms with Crippen molar-refractivity contribution in [2.24, 2.45) is 0 Å². The third-order valence-corrected chi connectivity index (χ3v) is 4.87. The molecule has 0 amide bonds. The van der Waals surface area contributed by atoms with Gasteiger partial charge in [0.1, 0.15) is 22.3 Å². The van der Waals surface area contributed by atoms with Crippen molar-refractivity contribution in [1.29, 1.82) is 5.26 Å². The Bertz CT molecular complexity index is 602. The first-order valence-electron chi connectivity index (χ1n) is 6.25. The molecule has 0 aliphatic heterocycles. The smallest absolute Gasteiger partial charge is 0.208 e. The Hall–Kier alpha value is -1.45. The van der Waals surface area contributed by atoms with Gasteiger partial charge in [0.25, 0.3) is 0 Å². The molecule has 0 unspecified atom stereocenters. The summed E-state index contributed by atoms with van der Waals surface area (Å²) in [4.78, 5) is -0.277. The van der Waals surface area contributed by atoms with Gasteiger partial charge in [0.05, 0.1) is 0 Å². The maximum atomic E-state index is 13.4. The van der Waals surface area contributed by atoms with Crippen LogP contribution in [-0.2, 0) is 10.0 Å². The molecule has 1 saturated carbocycles. The van der Waals surface area contributed by atoms with Gasteiger partial charge in [0.2, 0.25) is 10.0 Å². The van der Waals surface area contributed by atoms with Crippen molar-refractivity contribution in [3.63, 3.8) is 0 Å². The van der Waals surface area contributed by atoms with Crippen LogP contribution in [0.2, 0.25) is 0 Å². The molecule has 19 heavy (non-hydrogen) atoms. The van der Waals surface area contributed by atoms with Gasteiger partial charge >= 0.3 is 0 Å². The molecular formula is C13H15FN2O2S. The molecule has 1 aromatic rings. The fourth-order valence-corrected chi connectivity index (χ4v) is 3.81. The Balaban J connectivity index is 2.29. The number of sulfonamides is 1. The Morgan fingerprint density at radius 3 is 2.58 bits per heavy atom. The van der Waals surface area contributed by atoms with Gasteiger partial charge in [-0.05, 0) is 25.0 Å². The number of benzene rings is 1. The molecule has 102 valence electrons. The van der Waals surface area contributed by atoms with Crippen molar-refractivity contribution >= 4 is 10.0 Å². The van der Waals surface area contributed by atoms with Gasteiger partial charge in [-0.3, -0.25) is 0 Å². The Morgan fingerprint density at radius 1 is 1.26 bits per heavy atom. The Labute approximate surface area is 112 Å². The van der Waals surface area contributed by atoms with Crippen LogP contribution in [0.3, 0.4) is 0 Å². The second-order valence-corrected chi connectivity index (χ2v) is 6.36. The van der Waals surface area contributed by atoms with E-state index in [0.717, 1.165) is 38.2 Å². The van der Waals surface area contributed by atoms with Gasteiger partial charge in [-0.15, -0.1) is 0 Å². The number of nitrogens with one attached hydrogen (secondary N) is 1. The summed E-state index contributed by atoms with van der Waals surface area (Å²) in [6.45, 7) is 0. The monoisotopic (exact) mass is 282 g/mol.